The first-order valence-electron chi connectivity index (χ1n) is 4.10. The minimum absolute atomic E-state index is 0.0634. The van der Waals surface area contributed by atoms with E-state index < -0.39 is 12.0 Å². The van der Waals surface area contributed by atoms with Crippen LogP contribution in [0.25, 0.3) is 0 Å². The highest BCUT2D eigenvalue weighted by Gasteiger charge is 2.19. The van der Waals surface area contributed by atoms with E-state index in [2.05, 4.69) is 0 Å². The second-order valence-electron chi connectivity index (χ2n) is 3.25. The maximum absolute atomic E-state index is 11.3. The van der Waals surface area contributed by atoms with Gasteiger partial charge in [-0.25, -0.2) is 0 Å². The van der Waals surface area contributed by atoms with Crippen molar-refractivity contribution in [1.29, 1.82) is 0 Å². The van der Waals surface area contributed by atoms with Crippen LogP contribution in [-0.2, 0) is 9.59 Å². The van der Waals surface area contributed by atoms with Gasteiger partial charge in [0.05, 0.1) is 6.42 Å². The van der Waals surface area contributed by atoms with Gasteiger partial charge in [0.2, 0.25) is 5.91 Å². The molecular weight excluding hydrogens is 172 g/mol. The first-order valence-corrected chi connectivity index (χ1v) is 4.10. The van der Waals surface area contributed by atoms with Crippen LogP contribution in [0.3, 0.4) is 0 Å². The smallest absolute Gasteiger partial charge is 0.321 e. The fourth-order valence-corrected chi connectivity index (χ4v) is 0.707. The molecular formula is C8H16N2O3. The summed E-state index contributed by atoms with van der Waals surface area (Å²) in [5, 5.41) is 8.46. The number of aliphatic carboxylic acids is 1. The van der Waals surface area contributed by atoms with E-state index in [1.807, 2.05) is 13.8 Å². The molecule has 0 aromatic rings. The van der Waals surface area contributed by atoms with Crippen LogP contribution in [-0.4, -0.2) is 41.0 Å². The lowest BCUT2D eigenvalue weighted by Crippen LogP contribution is -2.40. The van der Waals surface area contributed by atoms with E-state index in [1.165, 1.54) is 4.90 Å². The van der Waals surface area contributed by atoms with Crippen LogP contribution in [0.4, 0.5) is 0 Å². The number of hydrogen-bond donors (Lipinski definition) is 2. The molecule has 0 aliphatic carbocycles. The molecule has 0 saturated heterocycles. The predicted molar refractivity (Wildman–Crippen MR) is 48.1 cm³/mol. The predicted octanol–water partition coefficient (Wildman–Crippen LogP) is -0.345. The second-order valence-corrected chi connectivity index (χ2v) is 3.25. The van der Waals surface area contributed by atoms with Gasteiger partial charge in [-0.1, -0.05) is 0 Å². The minimum Gasteiger partial charge on any atom is -0.480 e. The van der Waals surface area contributed by atoms with Gasteiger partial charge in [0.15, 0.2) is 0 Å². The first kappa shape index (κ1) is 11.9. The van der Waals surface area contributed by atoms with Crippen LogP contribution in [0.15, 0.2) is 0 Å². The monoisotopic (exact) mass is 188 g/mol. The number of carboxylic acid groups (broad SMARTS) is 1. The number of nitrogens with two attached hydrogens (primary N) is 1. The summed E-state index contributed by atoms with van der Waals surface area (Å²) in [4.78, 5) is 23.1. The molecule has 1 atom stereocenters. The summed E-state index contributed by atoms with van der Waals surface area (Å²) in [6.45, 7) is 3.70. The SMILES string of the molecule is CC(C)N(C)C(=O)CC(N)C(=O)O. The van der Waals surface area contributed by atoms with Crippen LogP contribution in [0, 0.1) is 0 Å². The fraction of sp³-hybridized carbons (Fsp3) is 0.750. The molecule has 0 radical (unpaired) electrons. The molecule has 3 N–H and O–H groups in total. The van der Waals surface area contributed by atoms with Gasteiger partial charge >= 0.3 is 5.97 Å². The summed E-state index contributed by atoms with van der Waals surface area (Å²) in [6, 6.07) is -1.04. The lowest BCUT2D eigenvalue weighted by Gasteiger charge is -2.22. The molecule has 0 heterocycles. The van der Waals surface area contributed by atoms with E-state index in [0.717, 1.165) is 0 Å². The highest BCUT2D eigenvalue weighted by molar-refractivity contribution is 5.84. The number of nitrogens with zero attached hydrogens (tertiary/aromatic N) is 1. The van der Waals surface area contributed by atoms with Crippen molar-refractivity contribution in [1.82, 2.24) is 4.90 Å². The number of carboxylic acids is 1. The van der Waals surface area contributed by atoms with Gasteiger partial charge in [0, 0.05) is 13.1 Å². The zero-order valence-corrected chi connectivity index (χ0v) is 8.15. The van der Waals surface area contributed by atoms with Gasteiger partial charge in [-0.2, -0.15) is 0 Å². The van der Waals surface area contributed by atoms with Gasteiger partial charge in [0.1, 0.15) is 6.04 Å². The Morgan fingerprint density at radius 3 is 2.23 bits per heavy atom. The number of hydrogen-bond acceptors (Lipinski definition) is 3. The third kappa shape index (κ3) is 3.89. The zero-order chi connectivity index (χ0) is 10.6. The Kier molecular flexibility index (Phi) is 4.40. The molecule has 0 aromatic heterocycles. The van der Waals surface area contributed by atoms with E-state index in [1.54, 1.807) is 7.05 Å². The van der Waals surface area contributed by atoms with Gasteiger partial charge in [-0.05, 0) is 13.8 Å². The average molecular weight is 188 g/mol. The molecule has 0 bridgehead atoms. The molecule has 5 nitrogen and oxygen atoms in total. The molecule has 0 fully saturated rings. The number of amides is 1. The summed E-state index contributed by atoms with van der Waals surface area (Å²) in [5.41, 5.74) is 5.21. The molecule has 0 aromatic carbocycles. The van der Waals surface area contributed by atoms with Crippen LogP contribution in [0.1, 0.15) is 20.3 Å². The Balaban J connectivity index is 4.08. The van der Waals surface area contributed by atoms with Gasteiger partial charge in [-0.15, -0.1) is 0 Å². The normalized spacial score (nSPS) is 12.7. The Labute approximate surface area is 77.5 Å². The molecule has 0 spiro atoms. The van der Waals surface area contributed by atoms with Crippen molar-refractivity contribution in [3.8, 4) is 0 Å². The highest BCUT2D eigenvalue weighted by Crippen LogP contribution is 1.99. The fourth-order valence-electron chi connectivity index (χ4n) is 0.707. The summed E-state index contributed by atoms with van der Waals surface area (Å²) >= 11 is 0. The third-order valence-corrected chi connectivity index (χ3v) is 1.88. The van der Waals surface area contributed by atoms with Gasteiger partial charge in [-0.3, -0.25) is 9.59 Å². The van der Waals surface area contributed by atoms with Crippen LogP contribution < -0.4 is 5.73 Å². The van der Waals surface area contributed by atoms with Crippen molar-refractivity contribution in [2.24, 2.45) is 5.73 Å². The Morgan fingerprint density at radius 1 is 1.46 bits per heavy atom. The second kappa shape index (κ2) is 4.81. The summed E-state index contributed by atoms with van der Waals surface area (Å²) in [5.74, 6) is -1.39. The van der Waals surface area contributed by atoms with Crippen LogP contribution in [0.5, 0.6) is 0 Å². The zero-order valence-electron chi connectivity index (χ0n) is 8.15. The summed E-state index contributed by atoms with van der Waals surface area (Å²) in [6.07, 6.45) is -0.149. The minimum atomic E-state index is -1.15. The largest absolute Gasteiger partial charge is 0.480 e. The van der Waals surface area contributed by atoms with Gasteiger partial charge in [0.25, 0.3) is 0 Å². The standard InChI is InChI=1S/C8H16N2O3/c1-5(2)10(3)7(11)4-6(9)8(12)13/h5-6H,4,9H2,1-3H3,(H,12,13). The number of carbonyl (C=O) groups is 2. The Hall–Kier alpha value is -1.10. The van der Waals surface area contributed by atoms with E-state index in [9.17, 15) is 9.59 Å². The molecule has 0 aliphatic heterocycles. The van der Waals surface area contributed by atoms with Crippen LogP contribution >= 0.6 is 0 Å². The molecule has 1 amide bonds. The molecule has 1 unspecified atom stereocenters. The van der Waals surface area contributed by atoms with E-state index in [-0.39, 0.29) is 18.4 Å². The molecule has 0 saturated carbocycles. The maximum atomic E-state index is 11.3. The molecule has 76 valence electrons. The summed E-state index contributed by atoms with van der Waals surface area (Å²) in [7, 11) is 1.63. The first-order chi connectivity index (χ1) is 5.86. The number of carbonyl (C=O) groups excluding carboxylic acids is 1. The number of rotatable bonds is 4. The maximum Gasteiger partial charge on any atom is 0.321 e. The molecule has 0 aliphatic rings. The van der Waals surface area contributed by atoms with Crippen molar-refractivity contribution < 1.29 is 14.7 Å². The molecule has 5 heteroatoms. The summed E-state index contributed by atoms with van der Waals surface area (Å²) < 4.78 is 0. The topological polar surface area (TPSA) is 83.6 Å². The van der Waals surface area contributed by atoms with Crippen molar-refractivity contribution in [2.75, 3.05) is 7.05 Å². The highest BCUT2D eigenvalue weighted by atomic mass is 16.4. The van der Waals surface area contributed by atoms with Crippen molar-refractivity contribution >= 4 is 11.9 Å². The lowest BCUT2D eigenvalue weighted by molar-refractivity contribution is -0.142. The van der Waals surface area contributed by atoms with E-state index in [4.69, 9.17) is 10.8 Å². The van der Waals surface area contributed by atoms with Crippen molar-refractivity contribution in [3.63, 3.8) is 0 Å². The van der Waals surface area contributed by atoms with E-state index in [0.29, 0.717) is 0 Å². The van der Waals surface area contributed by atoms with Crippen molar-refractivity contribution in [3.05, 3.63) is 0 Å². The lowest BCUT2D eigenvalue weighted by atomic mass is 10.2. The van der Waals surface area contributed by atoms with E-state index >= 15 is 0 Å². The third-order valence-electron chi connectivity index (χ3n) is 1.88. The molecule has 13 heavy (non-hydrogen) atoms. The van der Waals surface area contributed by atoms with Gasteiger partial charge < -0.3 is 15.7 Å². The average Bonchev–Trinajstić information content (AvgIpc) is 2.02. The van der Waals surface area contributed by atoms with Crippen molar-refractivity contribution in [2.45, 2.75) is 32.4 Å². The Morgan fingerprint density at radius 2 is 1.92 bits per heavy atom. The Bertz CT molecular complexity index is 204. The van der Waals surface area contributed by atoms with Crippen LogP contribution in [0.2, 0.25) is 0 Å². The molecule has 0 rings (SSSR count). The quantitative estimate of drug-likeness (QED) is 0.632.